The smallest absolute Gasteiger partial charge is 0.221 e. The van der Waals surface area contributed by atoms with Gasteiger partial charge in [-0.25, -0.2) is 0 Å². The molecule has 2 unspecified atom stereocenters. The standard InChI is InChI=1S/C14H19NOS/c1-4-12-14(2,9-13(16)15-12)10-5-7-11(17-3)8-6-10/h5-8,12H,4,9H2,1-3H3,(H,15,16). The van der Waals surface area contributed by atoms with Gasteiger partial charge in [0, 0.05) is 22.8 Å². The monoisotopic (exact) mass is 249 g/mol. The Hall–Kier alpha value is -0.960. The van der Waals surface area contributed by atoms with Gasteiger partial charge >= 0.3 is 0 Å². The van der Waals surface area contributed by atoms with E-state index in [1.54, 1.807) is 11.8 Å². The van der Waals surface area contributed by atoms with Crippen LogP contribution in [0.15, 0.2) is 29.2 Å². The second kappa shape index (κ2) is 4.73. The maximum atomic E-state index is 11.6. The number of hydrogen-bond donors (Lipinski definition) is 1. The lowest BCUT2D eigenvalue weighted by Crippen LogP contribution is -2.37. The van der Waals surface area contributed by atoms with Crippen molar-refractivity contribution in [2.45, 2.75) is 43.0 Å². The van der Waals surface area contributed by atoms with Crippen LogP contribution in [-0.2, 0) is 10.2 Å². The highest BCUT2D eigenvalue weighted by Crippen LogP contribution is 2.37. The maximum Gasteiger partial charge on any atom is 0.221 e. The van der Waals surface area contributed by atoms with Gasteiger partial charge in [0.05, 0.1) is 0 Å². The molecule has 1 fully saturated rings. The van der Waals surface area contributed by atoms with E-state index in [-0.39, 0.29) is 17.4 Å². The van der Waals surface area contributed by atoms with E-state index in [0.717, 1.165) is 6.42 Å². The molecule has 1 heterocycles. The lowest BCUT2D eigenvalue weighted by molar-refractivity contribution is -0.119. The molecule has 92 valence electrons. The Kier molecular flexibility index (Phi) is 3.48. The molecule has 0 radical (unpaired) electrons. The van der Waals surface area contributed by atoms with E-state index in [1.165, 1.54) is 10.5 Å². The van der Waals surface area contributed by atoms with Gasteiger partial charge in [-0.1, -0.05) is 26.0 Å². The molecular formula is C14H19NOS. The van der Waals surface area contributed by atoms with E-state index in [0.29, 0.717) is 6.42 Å². The van der Waals surface area contributed by atoms with Gasteiger partial charge in [0.1, 0.15) is 0 Å². The summed E-state index contributed by atoms with van der Waals surface area (Å²) in [5.41, 5.74) is 1.21. The highest BCUT2D eigenvalue weighted by atomic mass is 32.2. The zero-order valence-corrected chi connectivity index (χ0v) is 11.4. The van der Waals surface area contributed by atoms with Gasteiger partial charge in [0.15, 0.2) is 0 Å². The van der Waals surface area contributed by atoms with Crippen LogP contribution in [0.1, 0.15) is 32.3 Å². The molecular weight excluding hydrogens is 230 g/mol. The number of carbonyl (C=O) groups excluding carboxylic acids is 1. The first-order valence-corrected chi connectivity index (χ1v) is 7.26. The van der Waals surface area contributed by atoms with E-state index in [9.17, 15) is 4.79 Å². The highest BCUT2D eigenvalue weighted by molar-refractivity contribution is 7.98. The molecule has 0 spiro atoms. The summed E-state index contributed by atoms with van der Waals surface area (Å²) in [6, 6.07) is 8.86. The molecule has 1 saturated heterocycles. The molecule has 2 nitrogen and oxygen atoms in total. The van der Waals surface area contributed by atoms with Crippen molar-refractivity contribution in [2.24, 2.45) is 0 Å². The lowest BCUT2D eigenvalue weighted by Gasteiger charge is -2.30. The predicted octanol–water partition coefficient (Wildman–Crippen LogP) is 2.96. The van der Waals surface area contributed by atoms with Crippen molar-refractivity contribution in [3.05, 3.63) is 29.8 Å². The van der Waals surface area contributed by atoms with Crippen molar-refractivity contribution >= 4 is 17.7 Å². The van der Waals surface area contributed by atoms with Gasteiger partial charge in [-0.05, 0) is 30.4 Å². The topological polar surface area (TPSA) is 29.1 Å². The third-order valence-electron chi connectivity index (χ3n) is 3.79. The summed E-state index contributed by atoms with van der Waals surface area (Å²) in [4.78, 5) is 12.9. The molecule has 1 aromatic rings. The predicted molar refractivity (Wildman–Crippen MR) is 72.4 cm³/mol. The van der Waals surface area contributed by atoms with Crippen LogP contribution in [0.2, 0.25) is 0 Å². The number of hydrogen-bond acceptors (Lipinski definition) is 2. The van der Waals surface area contributed by atoms with Gasteiger partial charge in [-0.15, -0.1) is 11.8 Å². The summed E-state index contributed by atoms with van der Waals surface area (Å²) < 4.78 is 0. The Morgan fingerprint density at radius 1 is 1.41 bits per heavy atom. The van der Waals surface area contributed by atoms with Crippen LogP contribution in [0.25, 0.3) is 0 Å². The minimum atomic E-state index is -0.0528. The van der Waals surface area contributed by atoms with Crippen LogP contribution in [0.4, 0.5) is 0 Å². The van der Waals surface area contributed by atoms with Gasteiger partial charge in [-0.2, -0.15) is 0 Å². The fraction of sp³-hybridized carbons (Fsp3) is 0.500. The number of rotatable bonds is 3. The quantitative estimate of drug-likeness (QED) is 0.834. The Balaban J connectivity index is 2.32. The second-order valence-corrected chi connectivity index (χ2v) is 5.73. The molecule has 0 bridgehead atoms. The molecule has 0 saturated carbocycles. The van der Waals surface area contributed by atoms with Crippen LogP contribution in [0.3, 0.4) is 0 Å². The molecule has 1 aliphatic heterocycles. The highest BCUT2D eigenvalue weighted by Gasteiger charge is 2.43. The largest absolute Gasteiger partial charge is 0.352 e. The van der Waals surface area contributed by atoms with Gasteiger partial charge < -0.3 is 5.32 Å². The summed E-state index contributed by atoms with van der Waals surface area (Å²) in [7, 11) is 0. The van der Waals surface area contributed by atoms with Crippen LogP contribution >= 0.6 is 11.8 Å². The fourth-order valence-corrected chi connectivity index (χ4v) is 3.10. The number of benzene rings is 1. The van der Waals surface area contributed by atoms with Crippen molar-refractivity contribution in [1.82, 2.24) is 5.32 Å². The first-order chi connectivity index (χ1) is 8.10. The molecule has 1 N–H and O–H groups in total. The zero-order chi connectivity index (χ0) is 12.5. The summed E-state index contributed by atoms with van der Waals surface area (Å²) in [5, 5.41) is 3.08. The molecule has 1 aromatic carbocycles. The van der Waals surface area contributed by atoms with Gasteiger partial charge in [0.2, 0.25) is 5.91 Å². The normalized spacial score (nSPS) is 28.2. The Morgan fingerprint density at radius 3 is 2.59 bits per heavy atom. The Labute approximate surface area is 107 Å². The lowest BCUT2D eigenvalue weighted by atomic mass is 9.75. The van der Waals surface area contributed by atoms with Gasteiger partial charge in [0.25, 0.3) is 0 Å². The first kappa shape index (κ1) is 12.5. The van der Waals surface area contributed by atoms with E-state index >= 15 is 0 Å². The van der Waals surface area contributed by atoms with Crippen molar-refractivity contribution in [3.8, 4) is 0 Å². The van der Waals surface area contributed by atoms with Crippen LogP contribution in [0.5, 0.6) is 0 Å². The van der Waals surface area contributed by atoms with Crippen LogP contribution in [-0.4, -0.2) is 18.2 Å². The second-order valence-electron chi connectivity index (χ2n) is 4.85. The minimum absolute atomic E-state index is 0.0528. The van der Waals surface area contributed by atoms with Crippen molar-refractivity contribution < 1.29 is 4.79 Å². The third-order valence-corrected chi connectivity index (χ3v) is 4.53. The van der Waals surface area contributed by atoms with Crippen molar-refractivity contribution in [2.75, 3.05) is 6.26 Å². The third kappa shape index (κ3) is 2.21. The Bertz CT molecular complexity index is 415. The van der Waals surface area contributed by atoms with Crippen LogP contribution in [0, 0.1) is 0 Å². The summed E-state index contributed by atoms with van der Waals surface area (Å²) >= 11 is 1.74. The SMILES string of the molecule is CCC1NC(=O)CC1(C)c1ccc(SC)cc1. The number of thioether (sulfide) groups is 1. The van der Waals surface area contributed by atoms with Gasteiger partial charge in [-0.3, -0.25) is 4.79 Å². The molecule has 2 atom stereocenters. The Morgan fingerprint density at radius 2 is 2.06 bits per heavy atom. The number of nitrogens with one attached hydrogen (secondary N) is 1. The van der Waals surface area contributed by atoms with E-state index in [4.69, 9.17) is 0 Å². The molecule has 0 aromatic heterocycles. The minimum Gasteiger partial charge on any atom is -0.352 e. The maximum absolute atomic E-state index is 11.6. The average molecular weight is 249 g/mol. The molecule has 3 heteroatoms. The molecule has 1 amide bonds. The number of amides is 1. The van der Waals surface area contributed by atoms with E-state index < -0.39 is 0 Å². The average Bonchev–Trinajstić information content (AvgIpc) is 2.65. The summed E-state index contributed by atoms with van der Waals surface area (Å²) in [6.45, 7) is 4.32. The van der Waals surface area contributed by atoms with Crippen molar-refractivity contribution in [3.63, 3.8) is 0 Å². The molecule has 2 rings (SSSR count). The zero-order valence-electron chi connectivity index (χ0n) is 10.6. The first-order valence-electron chi connectivity index (χ1n) is 6.04. The van der Waals surface area contributed by atoms with E-state index in [2.05, 4.69) is 49.7 Å². The molecule has 0 aliphatic carbocycles. The van der Waals surface area contributed by atoms with Crippen molar-refractivity contribution in [1.29, 1.82) is 0 Å². The molecule has 1 aliphatic rings. The summed E-state index contributed by atoms with van der Waals surface area (Å²) in [5.74, 6) is 0.174. The van der Waals surface area contributed by atoms with Crippen LogP contribution < -0.4 is 5.32 Å². The summed E-state index contributed by atoms with van der Waals surface area (Å²) in [6.07, 6.45) is 3.66. The fourth-order valence-electron chi connectivity index (χ4n) is 2.69. The molecule has 17 heavy (non-hydrogen) atoms. The van der Waals surface area contributed by atoms with E-state index in [1.807, 2.05) is 0 Å². The number of carbonyl (C=O) groups is 1.